The van der Waals surface area contributed by atoms with E-state index < -0.39 is 26.6 Å². The summed E-state index contributed by atoms with van der Waals surface area (Å²) in [4.78, 5) is 10.7. The van der Waals surface area contributed by atoms with Crippen molar-refractivity contribution in [3.8, 4) is 5.75 Å². The summed E-state index contributed by atoms with van der Waals surface area (Å²) in [7, 11) is -2.83. The summed E-state index contributed by atoms with van der Waals surface area (Å²) in [5, 5.41) is 2.56. The Morgan fingerprint density at radius 2 is 1.88 bits per heavy atom. The zero-order valence-electron chi connectivity index (χ0n) is 12.8. The Labute approximate surface area is 143 Å². The average molecular weight is 373 g/mol. The number of carbonyl (C=O) groups is 1. The molecule has 0 saturated carbocycles. The van der Waals surface area contributed by atoms with Crippen molar-refractivity contribution >= 4 is 38.9 Å². The summed E-state index contributed by atoms with van der Waals surface area (Å²) in [5.74, 6) is -1.02. The molecule has 0 heterocycles. The van der Waals surface area contributed by atoms with Crippen LogP contribution in [-0.2, 0) is 14.8 Å². The van der Waals surface area contributed by atoms with Crippen LogP contribution < -0.4 is 14.8 Å². The normalized spacial score (nSPS) is 11.0. The van der Waals surface area contributed by atoms with Crippen molar-refractivity contribution in [2.24, 2.45) is 0 Å². The fourth-order valence-electron chi connectivity index (χ4n) is 1.93. The highest BCUT2D eigenvalue weighted by Gasteiger charge is 2.21. The highest BCUT2D eigenvalue weighted by molar-refractivity contribution is 7.92. The Balaban J connectivity index is 2.46. The molecule has 0 bridgehead atoms. The molecule has 2 N–H and O–H groups in total. The molecule has 0 spiro atoms. The number of rotatable bonds is 5. The van der Waals surface area contributed by atoms with Gasteiger partial charge in [-0.15, -0.1) is 0 Å². The molecule has 1 amide bonds. The first-order valence-electron chi connectivity index (χ1n) is 6.66. The minimum absolute atomic E-state index is 0.0406. The molecule has 2 aromatic rings. The molecule has 0 aromatic heterocycles. The second-order valence-electron chi connectivity index (χ2n) is 4.77. The topological polar surface area (TPSA) is 84.5 Å². The van der Waals surface area contributed by atoms with Gasteiger partial charge >= 0.3 is 0 Å². The summed E-state index contributed by atoms with van der Waals surface area (Å²) in [5.41, 5.74) is 0.250. The van der Waals surface area contributed by atoms with Crippen molar-refractivity contribution in [3.63, 3.8) is 0 Å². The summed E-state index contributed by atoms with van der Waals surface area (Å²) in [6.45, 7) is 1.28. The quantitative estimate of drug-likeness (QED) is 0.843. The number of amides is 1. The lowest BCUT2D eigenvalue weighted by Gasteiger charge is -2.14. The van der Waals surface area contributed by atoms with E-state index in [1.807, 2.05) is 0 Å². The standard InChI is InChI=1S/C15H14ClFN2O4S/c1-9(20)18-13-5-4-11(23-2)8-14(13)19-24(21,22)15-6-3-10(16)7-12(15)17/h3-8,19H,1-2H3,(H,18,20). The zero-order valence-corrected chi connectivity index (χ0v) is 14.3. The maximum absolute atomic E-state index is 13.9. The number of methoxy groups -OCH3 is 1. The van der Waals surface area contributed by atoms with Crippen molar-refractivity contribution in [2.45, 2.75) is 11.8 Å². The van der Waals surface area contributed by atoms with Gasteiger partial charge in [-0.25, -0.2) is 12.8 Å². The van der Waals surface area contributed by atoms with Gasteiger partial charge in [0.05, 0.1) is 18.5 Å². The highest BCUT2D eigenvalue weighted by Crippen LogP contribution is 2.30. The number of hydrogen-bond acceptors (Lipinski definition) is 4. The summed E-state index contributed by atoms with van der Waals surface area (Å²) < 4.78 is 46.0. The zero-order chi connectivity index (χ0) is 17.9. The van der Waals surface area contributed by atoms with E-state index in [1.165, 1.54) is 32.2 Å². The molecule has 0 saturated heterocycles. The number of anilines is 2. The minimum Gasteiger partial charge on any atom is -0.497 e. The largest absolute Gasteiger partial charge is 0.497 e. The minimum atomic E-state index is -4.23. The van der Waals surface area contributed by atoms with Crippen molar-refractivity contribution in [3.05, 3.63) is 47.2 Å². The number of halogens is 2. The highest BCUT2D eigenvalue weighted by atomic mass is 35.5. The van der Waals surface area contributed by atoms with Gasteiger partial charge in [0.25, 0.3) is 10.0 Å². The third-order valence-corrected chi connectivity index (χ3v) is 4.60. The van der Waals surface area contributed by atoms with Crippen LogP contribution in [0.25, 0.3) is 0 Å². The molecule has 2 aromatic carbocycles. The predicted molar refractivity (Wildman–Crippen MR) is 89.5 cm³/mol. The van der Waals surface area contributed by atoms with Crippen LogP contribution >= 0.6 is 11.6 Å². The van der Waals surface area contributed by atoms with Crippen LogP contribution in [-0.4, -0.2) is 21.4 Å². The van der Waals surface area contributed by atoms with E-state index in [4.69, 9.17) is 16.3 Å². The first-order chi connectivity index (χ1) is 11.2. The monoisotopic (exact) mass is 372 g/mol. The third-order valence-electron chi connectivity index (χ3n) is 2.97. The van der Waals surface area contributed by atoms with Crippen LogP contribution in [0.2, 0.25) is 5.02 Å². The van der Waals surface area contributed by atoms with Gasteiger partial charge in [-0.1, -0.05) is 11.6 Å². The van der Waals surface area contributed by atoms with Gasteiger partial charge in [0.2, 0.25) is 5.91 Å². The molecule has 6 nitrogen and oxygen atoms in total. The maximum atomic E-state index is 13.9. The van der Waals surface area contributed by atoms with Gasteiger partial charge in [0.1, 0.15) is 16.5 Å². The smallest absolute Gasteiger partial charge is 0.264 e. The molecule has 0 aliphatic rings. The van der Waals surface area contributed by atoms with E-state index in [-0.39, 0.29) is 16.4 Å². The van der Waals surface area contributed by atoms with Crippen LogP contribution in [0, 0.1) is 5.82 Å². The second-order valence-corrected chi connectivity index (χ2v) is 6.86. The van der Waals surface area contributed by atoms with Crippen molar-refractivity contribution in [2.75, 3.05) is 17.1 Å². The van der Waals surface area contributed by atoms with Crippen LogP contribution in [0.5, 0.6) is 5.75 Å². The van der Waals surface area contributed by atoms with Crippen LogP contribution in [0.1, 0.15) is 6.92 Å². The van der Waals surface area contributed by atoms with Gasteiger partial charge in [0, 0.05) is 18.0 Å². The SMILES string of the molecule is COc1ccc(NC(C)=O)c(NS(=O)(=O)c2ccc(Cl)cc2F)c1. The lowest BCUT2D eigenvalue weighted by atomic mass is 10.2. The first-order valence-corrected chi connectivity index (χ1v) is 8.52. The van der Waals surface area contributed by atoms with Gasteiger partial charge in [-0.3, -0.25) is 9.52 Å². The number of ether oxygens (including phenoxy) is 1. The molecule has 0 radical (unpaired) electrons. The summed E-state index contributed by atoms with van der Waals surface area (Å²) >= 11 is 5.63. The lowest BCUT2D eigenvalue weighted by molar-refractivity contribution is -0.114. The number of nitrogens with one attached hydrogen (secondary N) is 2. The van der Waals surface area contributed by atoms with Gasteiger partial charge in [-0.05, 0) is 30.3 Å². The fraction of sp³-hybridized carbons (Fsp3) is 0.133. The molecule has 0 atom stereocenters. The molecule has 0 unspecified atom stereocenters. The molecule has 0 aliphatic heterocycles. The molecular formula is C15H14ClFN2O4S. The molecule has 0 aliphatic carbocycles. The molecule has 0 fully saturated rings. The molecule has 2 rings (SSSR count). The van der Waals surface area contributed by atoms with E-state index in [2.05, 4.69) is 10.0 Å². The van der Waals surface area contributed by atoms with E-state index in [1.54, 1.807) is 6.07 Å². The summed E-state index contributed by atoms with van der Waals surface area (Å²) in [6.07, 6.45) is 0. The predicted octanol–water partition coefficient (Wildman–Crippen LogP) is 3.25. The maximum Gasteiger partial charge on any atom is 0.264 e. The van der Waals surface area contributed by atoms with Crippen LogP contribution in [0.4, 0.5) is 15.8 Å². The first kappa shape index (κ1) is 18.0. The number of sulfonamides is 1. The Hall–Kier alpha value is -2.32. The number of hydrogen-bond donors (Lipinski definition) is 2. The molecular weight excluding hydrogens is 359 g/mol. The molecule has 9 heteroatoms. The van der Waals surface area contributed by atoms with E-state index in [0.29, 0.717) is 5.75 Å². The second kappa shape index (κ2) is 7.06. The van der Waals surface area contributed by atoms with E-state index in [0.717, 1.165) is 12.1 Å². The van der Waals surface area contributed by atoms with Crippen molar-refractivity contribution < 1.29 is 22.3 Å². The van der Waals surface area contributed by atoms with Gasteiger partial charge in [-0.2, -0.15) is 0 Å². The van der Waals surface area contributed by atoms with Crippen LogP contribution in [0.3, 0.4) is 0 Å². The van der Waals surface area contributed by atoms with E-state index in [9.17, 15) is 17.6 Å². The lowest BCUT2D eigenvalue weighted by Crippen LogP contribution is -2.17. The third kappa shape index (κ3) is 4.15. The van der Waals surface area contributed by atoms with Crippen molar-refractivity contribution in [1.82, 2.24) is 0 Å². The average Bonchev–Trinajstić information content (AvgIpc) is 2.47. The summed E-state index contributed by atoms with van der Waals surface area (Å²) in [6, 6.07) is 7.60. The Morgan fingerprint density at radius 1 is 1.17 bits per heavy atom. The van der Waals surface area contributed by atoms with Gasteiger partial charge < -0.3 is 10.1 Å². The molecule has 24 heavy (non-hydrogen) atoms. The fourth-order valence-corrected chi connectivity index (χ4v) is 3.22. The van der Waals surface area contributed by atoms with E-state index >= 15 is 0 Å². The van der Waals surface area contributed by atoms with Crippen molar-refractivity contribution in [1.29, 1.82) is 0 Å². The Morgan fingerprint density at radius 3 is 2.46 bits per heavy atom. The number of benzene rings is 2. The Kier molecular flexibility index (Phi) is 5.30. The molecule has 128 valence electrons. The number of carbonyl (C=O) groups excluding carboxylic acids is 1. The Bertz CT molecular complexity index is 887. The van der Waals surface area contributed by atoms with Crippen LogP contribution in [0.15, 0.2) is 41.3 Å². The van der Waals surface area contributed by atoms with Gasteiger partial charge in [0.15, 0.2) is 0 Å².